The van der Waals surface area contributed by atoms with Crippen molar-refractivity contribution in [3.63, 3.8) is 0 Å². The highest BCUT2D eigenvalue weighted by molar-refractivity contribution is 5.05. The van der Waals surface area contributed by atoms with Crippen LogP contribution >= 0.6 is 0 Å². The van der Waals surface area contributed by atoms with Crippen molar-refractivity contribution in [3.8, 4) is 0 Å². The Morgan fingerprint density at radius 1 is 1.21 bits per heavy atom. The second-order valence-electron chi connectivity index (χ2n) is 6.27. The second kappa shape index (κ2) is 2.98. The third-order valence-electron chi connectivity index (χ3n) is 5.18. The summed E-state index contributed by atoms with van der Waals surface area (Å²) in [6.07, 6.45) is 9.46. The molecule has 0 bridgehead atoms. The lowest BCUT2D eigenvalue weighted by Gasteiger charge is -2.40. The van der Waals surface area contributed by atoms with E-state index in [4.69, 9.17) is 0 Å². The second-order valence-corrected chi connectivity index (χ2v) is 6.27. The number of hydrogen-bond acceptors (Lipinski definition) is 1. The van der Waals surface area contributed by atoms with E-state index in [1.165, 1.54) is 38.5 Å². The minimum absolute atomic E-state index is 0.0376. The molecule has 80 valence electrons. The summed E-state index contributed by atoms with van der Waals surface area (Å²) in [6, 6.07) is 0. The first-order valence-electron chi connectivity index (χ1n) is 6.38. The summed E-state index contributed by atoms with van der Waals surface area (Å²) in [5.74, 6) is 2.56. The quantitative estimate of drug-likeness (QED) is 0.732. The Bertz CT molecular complexity index is 221. The van der Waals surface area contributed by atoms with Gasteiger partial charge in [-0.3, -0.25) is 0 Å². The smallest absolute Gasteiger partial charge is 0.0579 e. The van der Waals surface area contributed by atoms with Crippen molar-refractivity contribution in [2.75, 3.05) is 0 Å². The third-order valence-corrected chi connectivity index (χ3v) is 5.18. The van der Waals surface area contributed by atoms with Crippen molar-refractivity contribution in [3.05, 3.63) is 0 Å². The number of fused-ring (bicyclic) bond motifs is 1. The summed E-state index contributed by atoms with van der Waals surface area (Å²) in [5, 5.41) is 10.2. The van der Waals surface area contributed by atoms with E-state index >= 15 is 0 Å². The molecule has 0 aromatic heterocycles. The van der Waals surface area contributed by atoms with Gasteiger partial charge in [-0.1, -0.05) is 19.8 Å². The maximum atomic E-state index is 10.2. The van der Waals surface area contributed by atoms with Gasteiger partial charge >= 0.3 is 0 Å². The molecule has 3 fully saturated rings. The van der Waals surface area contributed by atoms with Crippen LogP contribution < -0.4 is 0 Å². The van der Waals surface area contributed by atoms with Crippen LogP contribution in [0.25, 0.3) is 0 Å². The Labute approximate surface area is 86.9 Å². The minimum atomic E-state index is 0.0376. The molecular weight excluding hydrogens is 172 g/mol. The van der Waals surface area contributed by atoms with Crippen LogP contribution in [-0.4, -0.2) is 11.2 Å². The van der Waals surface area contributed by atoms with E-state index in [1.807, 2.05) is 0 Å². The maximum absolute atomic E-state index is 10.2. The van der Waals surface area contributed by atoms with E-state index in [0.717, 1.165) is 18.3 Å². The Morgan fingerprint density at radius 2 is 1.86 bits per heavy atom. The van der Waals surface area contributed by atoms with E-state index in [9.17, 15) is 5.11 Å². The molecule has 0 amide bonds. The number of rotatable bonds is 3. The molecule has 0 heterocycles. The van der Waals surface area contributed by atoms with E-state index in [1.54, 1.807) is 0 Å². The maximum Gasteiger partial charge on any atom is 0.0579 e. The number of aliphatic hydroxyl groups is 1. The predicted octanol–water partition coefficient (Wildman–Crippen LogP) is 2.97. The van der Waals surface area contributed by atoms with Gasteiger partial charge < -0.3 is 5.11 Å². The zero-order valence-electron chi connectivity index (χ0n) is 9.21. The molecule has 3 rings (SSSR count). The lowest BCUT2D eigenvalue weighted by atomic mass is 9.66. The Balaban J connectivity index is 1.54. The first-order valence-corrected chi connectivity index (χ1v) is 6.38. The zero-order chi connectivity index (χ0) is 9.76. The normalized spacial score (nSPS) is 45.4. The molecule has 0 spiro atoms. The van der Waals surface area contributed by atoms with E-state index < -0.39 is 0 Å². The van der Waals surface area contributed by atoms with Gasteiger partial charge in [0, 0.05) is 0 Å². The minimum Gasteiger partial charge on any atom is -0.393 e. The van der Waals surface area contributed by atoms with Crippen LogP contribution in [0.1, 0.15) is 51.9 Å². The molecule has 0 aromatic rings. The summed E-state index contributed by atoms with van der Waals surface area (Å²) in [4.78, 5) is 0. The summed E-state index contributed by atoms with van der Waals surface area (Å²) in [7, 11) is 0. The van der Waals surface area contributed by atoms with Gasteiger partial charge in [-0.15, -0.1) is 0 Å². The molecule has 1 N–H and O–H groups in total. The van der Waals surface area contributed by atoms with Crippen LogP contribution in [-0.2, 0) is 0 Å². The van der Waals surface area contributed by atoms with Crippen LogP contribution in [0.4, 0.5) is 0 Å². The van der Waals surface area contributed by atoms with Crippen molar-refractivity contribution < 1.29 is 5.11 Å². The molecule has 3 unspecified atom stereocenters. The molecule has 0 aromatic carbocycles. The summed E-state index contributed by atoms with van der Waals surface area (Å²) >= 11 is 0. The van der Waals surface area contributed by atoms with Crippen LogP contribution in [0.2, 0.25) is 0 Å². The predicted molar refractivity (Wildman–Crippen MR) is 56.9 cm³/mol. The van der Waals surface area contributed by atoms with E-state index in [-0.39, 0.29) is 6.10 Å². The zero-order valence-corrected chi connectivity index (χ0v) is 9.21. The highest BCUT2D eigenvalue weighted by atomic mass is 16.3. The highest BCUT2D eigenvalue weighted by Gasteiger charge is 2.56. The third kappa shape index (κ3) is 1.32. The van der Waals surface area contributed by atoms with Crippen molar-refractivity contribution in [2.24, 2.45) is 23.2 Å². The molecule has 1 heteroatoms. The Hall–Kier alpha value is -0.0400. The van der Waals surface area contributed by atoms with Crippen LogP contribution in [0, 0.1) is 23.2 Å². The van der Waals surface area contributed by atoms with Gasteiger partial charge in [-0.25, -0.2) is 0 Å². The number of hydrogen-bond donors (Lipinski definition) is 1. The fraction of sp³-hybridized carbons (Fsp3) is 1.00. The summed E-state index contributed by atoms with van der Waals surface area (Å²) in [6.45, 7) is 2.36. The lowest BCUT2D eigenvalue weighted by Crippen LogP contribution is -2.31. The van der Waals surface area contributed by atoms with Gasteiger partial charge in [0.25, 0.3) is 0 Å². The van der Waals surface area contributed by atoms with Crippen LogP contribution in [0.3, 0.4) is 0 Å². The van der Waals surface area contributed by atoms with Crippen molar-refractivity contribution in [1.82, 2.24) is 0 Å². The lowest BCUT2D eigenvalue weighted by molar-refractivity contribution is 0.0361. The molecule has 3 aliphatic carbocycles. The number of aliphatic hydroxyl groups excluding tert-OH is 1. The molecule has 0 radical (unpaired) electrons. The topological polar surface area (TPSA) is 20.2 Å². The van der Waals surface area contributed by atoms with Crippen LogP contribution in [0.15, 0.2) is 0 Å². The largest absolute Gasteiger partial charge is 0.393 e. The monoisotopic (exact) mass is 194 g/mol. The van der Waals surface area contributed by atoms with Gasteiger partial charge in [-0.2, -0.15) is 0 Å². The highest BCUT2D eigenvalue weighted by Crippen LogP contribution is 2.60. The van der Waals surface area contributed by atoms with Crippen molar-refractivity contribution in [1.29, 1.82) is 0 Å². The standard InChI is InChI=1S/C13H22O/c1-13(6-3-7-13)8-11(14)12-9-4-2-5-10(9)12/h9-12,14H,2-8H2,1H3. The molecule has 1 nitrogen and oxygen atoms in total. The molecule has 3 aliphatic rings. The summed E-state index contributed by atoms with van der Waals surface area (Å²) < 4.78 is 0. The fourth-order valence-electron chi connectivity index (χ4n) is 4.07. The molecule has 14 heavy (non-hydrogen) atoms. The molecular formula is C13H22O. The van der Waals surface area contributed by atoms with Gasteiger partial charge in [0.1, 0.15) is 0 Å². The van der Waals surface area contributed by atoms with Crippen molar-refractivity contribution >= 4 is 0 Å². The van der Waals surface area contributed by atoms with Gasteiger partial charge in [0.05, 0.1) is 6.10 Å². The molecule has 3 saturated carbocycles. The first kappa shape index (κ1) is 9.21. The fourth-order valence-corrected chi connectivity index (χ4v) is 4.07. The average Bonchev–Trinajstić information content (AvgIpc) is 2.59. The van der Waals surface area contributed by atoms with E-state index in [0.29, 0.717) is 11.3 Å². The van der Waals surface area contributed by atoms with Gasteiger partial charge in [-0.05, 0) is 55.3 Å². The SMILES string of the molecule is CC1(CC(O)C2C3CCCC32)CCC1. The molecule has 0 saturated heterocycles. The summed E-state index contributed by atoms with van der Waals surface area (Å²) in [5.41, 5.74) is 0.510. The molecule has 3 atom stereocenters. The van der Waals surface area contributed by atoms with Gasteiger partial charge in [0.15, 0.2) is 0 Å². The Morgan fingerprint density at radius 3 is 2.36 bits per heavy atom. The van der Waals surface area contributed by atoms with Gasteiger partial charge in [0.2, 0.25) is 0 Å². The van der Waals surface area contributed by atoms with E-state index in [2.05, 4.69) is 6.92 Å². The Kier molecular flexibility index (Phi) is 1.96. The van der Waals surface area contributed by atoms with Crippen molar-refractivity contribution in [2.45, 2.75) is 58.0 Å². The van der Waals surface area contributed by atoms with Crippen LogP contribution in [0.5, 0.6) is 0 Å². The molecule has 0 aliphatic heterocycles. The first-order chi connectivity index (χ1) is 6.70. The average molecular weight is 194 g/mol.